The minimum Gasteiger partial charge on any atom is -0.490 e. The van der Waals surface area contributed by atoms with E-state index in [0.717, 1.165) is 12.8 Å². The Labute approximate surface area is 138 Å². The first-order valence-corrected chi connectivity index (χ1v) is 8.15. The number of fused-ring (bicyclic) bond motifs is 2. The van der Waals surface area contributed by atoms with Gasteiger partial charge >= 0.3 is 6.03 Å². The number of hydrogen-bond donors (Lipinski definition) is 0. The van der Waals surface area contributed by atoms with E-state index in [-0.39, 0.29) is 11.9 Å². The van der Waals surface area contributed by atoms with E-state index < -0.39 is 5.54 Å². The summed E-state index contributed by atoms with van der Waals surface area (Å²) < 4.78 is 11.2. The van der Waals surface area contributed by atoms with Crippen molar-refractivity contribution in [3.05, 3.63) is 17.2 Å². The molecule has 0 saturated carbocycles. The Balaban J connectivity index is 1.78. The van der Waals surface area contributed by atoms with E-state index in [1.54, 1.807) is 17.0 Å². The molecule has 122 valence electrons. The summed E-state index contributed by atoms with van der Waals surface area (Å²) in [6.07, 6.45) is 2.29. The van der Waals surface area contributed by atoms with E-state index >= 15 is 0 Å². The fraction of sp³-hybridized carbons (Fsp3) is 0.500. The zero-order chi connectivity index (χ0) is 16.2. The van der Waals surface area contributed by atoms with Crippen LogP contribution in [0.3, 0.4) is 0 Å². The fourth-order valence-corrected chi connectivity index (χ4v) is 3.74. The number of rotatable bonds is 1. The first-order valence-electron chi connectivity index (χ1n) is 7.78. The zero-order valence-electron chi connectivity index (χ0n) is 12.8. The maximum absolute atomic E-state index is 12.8. The summed E-state index contributed by atoms with van der Waals surface area (Å²) in [5.74, 6) is 0.832. The van der Waals surface area contributed by atoms with Gasteiger partial charge in [0, 0.05) is 25.1 Å². The van der Waals surface area contributed by atoms with Crippen LogP contribution in [0.2, 0.25) is 5.02 Å². The molecule has 0 radical (unpaired) electrons. The van der Waals surface area contributed by atoms with Gasteiger partial charge in [0.2, 0.25) is 0 Å². The molecule has 0 aromatic heterocycles. The van der Waals surface area contributed by atoms with Crippen LogP contribution in [0.15, 0.2) is 12.1 Å². The maximum atomic E-state index is 12.8. The Bertz CT molecular complexity index is 708. The van der Waals surface area contributed by atoms with E-state index in [0.29, 0.717) is 48.4 Å². The van der Waals surface area contributed by atoms with Crippen LogP contribution in [-0.4, -0.2) is 42.1 Å². The minimum atomic E-state index is -0.759. The van der Waals surface area contributed by atoms with Crippen molar-refractivity contribution in [3.8, 4) is 11.5 Å². The van der Waals surface area contributed by atoms with Crippen molar-refractivity contribution < 1.29 is 19.1 Å². The number of carbonyl (C=O) groups excluding carboxylic acids is 2. The van der Waals surface area contributed by atoms with Gasteiger partial charge in [0.15, 0.2) is 11.5 Å². The molecule has 2 fully saturated rings. The number of carbonyl (C=O) groups is 2. The Kier molecular flexibility index (Phi) is 3.20. The molecule has 1 atom stereocenters. The standard InChI is InChI=1S/C16H17ClN2O4/c1-16-4-2-5-18(16)15(21)19(14(16)20)11-9-13-12(8-10(11)17)22-6-3-7-23-13/h8-9H,2-7H2,1H3/t16-/m0/s1. The molecule has 4 rings (SSSR count). The SMILES string of the molecule is C[C@@]12CCCN1C(=O)N(c1cc3c(cc1Cl)OCCCO3)C2=O. The van der Waals surface area contributed by atoms with Crippen molar-refractivity contribution in [3.63, 3.8) is 0 Å². The van der Waals surface area contributed by atoms with Crippen molar-refractivity contribution in [2.45, 2.75) is 31.7 Å². The van der Waals surface area contributed by atoms with Crippen molar-refractivity contribution in [2.24, 2.45) is 0 Å². The first kappa shape index (κ1) is 14.6. The van der Waals surface area contributed by atoms with E-state index in [1.165, 1.54) is 4.90 Å². The molecule has 1 aromatic rings. The third-order valence-electron chi connectivity index (χ3n) is 4.78. The normalized spacial score (nSPS) is 26.5. The molecular formula is C16H17ClN2O4. The Hall–Kier alpha value is -1.95. The smallest absolute Gasteiger partial charge is 0.332 e. The van der Waals surface area contributed by atoms with Crippen molar-refractivity contribution in [2.75, 3.05) is 24.7 Å². The number of imide groups is 1. The van der Waals surface area contributed by atoms with Gasteiger partial charge in [0.05, 0.1) is 23.9 Å². The van der Waals surface area contributed by atoms with Gasteiger partial charge in [-0.05, 0) is 19.8 Å². The van der Waals surface area contributed by atoms with Crippen LogP contribution in [0.5, 0.6) is 11.5 Å². The second-order valence-electron chi connectivity index (χ2n) is 6.25. The molecule has 3 aliphatic heterocycles. The molecular weight excluding hydrogens is 320 g/mol. The predicted octanol–water partition coefficient (Wildman–Crippen LogP) is 2.82. The van der Waals surface area contributed by atoms with E-state index in [4.69, 9.17) is 21.1 Å². The van der Waals surface area contributed by atoms with Crippen molar-refractivity contribution in [1.82, 2.24) is 4.90 Å². The number of ether oxygens (including phenoxy) is 2. The van der Waals surface area contributed by atoms with Crippen LogP contribution >= 0.6 is 11.6 Å². The number of anilines is 1. The molecule has 1 aromatic carbocycles. The largest absolute Gasteiger partial charge is 0.490 e. The van der Waals surface area contributed by atoms with Crippen LogP contribution in [-0.2, 0) is 4.79 Å². The summed E-state index contributed by atoms with van der Waals surface area (Å²) in [5, 5.41) is 0.306. The van der Waals surface area contributed by atoms with Gasteiger partial charge in [0.1, 0.15) is 5.54 Å². The van der Waals surface area contributed by atoms with Gasteiger partial charge in [0.25, 0.3) is 5.91 Å². The maximum Gasteiger partial charge on any atom is 0.332 e. The summed E-state index contributed by atoms with van der Waals surface area (Å²) >= 11 is 6.33. The van der Waals surface area contributed by atoms with E-state index in [1.807, 2.05) is 6.92 Å². The monoisotopic (exact) mass is 336 g/mol. The summed E-state index contributed by atoms with van der Waals surface area (Å²) in [7, 11) is 0. The lowest BCUT2D eigenvalue weighted by atomic mass is 9.99. The Morgan fingerprint density at radius 1 is 1.13 bits per heavy atom. The third kappa shape index (κ3) is 2.01. The molecule has 3 amide bonds. The van der Waals surface area contributed by atoms with E-state index in [9.17, 15) is 9.59 Å². The van der Waals surface area contributed by atoms with Gasteiger partial charge in [-0.25, -0.2) is 9.69 Å². The number of nitrogens with zero attached hydrogens (tertiary/aromatic N) is 2. The molecule has 0 bridgehead atoms. The number of amides is 3. The lowest BCUT2D eigenvalue weighted by molar-refractivity contribution is -0.123. The Morgan fingerprint density at radius 3 is 2.52 bits per heavy atom. The molecule has 0 N–H and O–H groups in total. The summed E-state index contributed by atoms with van der Waals surface area (Å²) in [6, 6.07) is 2.93. The van der Waals surface area contributed by atoms with Crippen LogP contribution in [0.25, 0.3) is 0 Å². The molecule has 0 spiro atoms. The fourth-order valence-electron chi connectivity index (χ4n) is 3.50. The second kappa shape index (κ2) is 5.03. The zero-order valence-corrected chi connectivity index (χ0v) is 13.6. The summed E-state index contributed by atoms with van der Waals surface area (Å²) in [4.78, 5) is 28.3. The quantitative estimate of drug-likeness (QED) is 0.740. The lowest BCUT2D eigenvalue weighted by Gasteiger charge is -2.22. The number of urea groups is 1. The first-order chi connectivity index (χ1) is 11.0. The second-order valence-corrected chi connectivity index (χ2v) is 6.66. The molecule has 0 aliphatic carbocycles. The predicted molar refractivity (Wildman–Crippen MR) is 84.3 cm³/mol. The van der Waals surface area contributed by atoms with Crippen LogP contribution in [0, 0.1) is 0 Å². The van der Waals surface area contributed by atoms with Gasteiger partial charge in [-0.2, -0.15) is 0 Å². The topological polar surface area (TPSA) is 59.1 Å². The molecule has 7 heteroatoms. The highest BCUT2D eigenvalue weighted by molar-refractivity contribution is 6.36. The average Bonchev–Trinajstić information content (AvgIpc) is 2.87. The number of hydrogen-bond acceptors (Lipinski definition) is 4. The Morgan fingerprint density at radius 2 is 1.83 bits per heavy atom. The molecule has 3 aliphatic rings. The minimum absolute atomic E-state index is 0.226. The number of halogens is 1. The molecule has 23 heavy (non-hydrogen) atoms. The van der Waals surface area contributed by atoms with Gasteiger partial charge in [-0.15, -0.1) is 0 Å². The van der Waals surface area contributed by atoms with Crippen molar-refractivity contribution >= 4 is 29.2 Å². The molecule has 2 saturated heterocycles. The van der Waals surface area contributed by atoms with Crippen LogP contribution in [0.1, 0.15) is 26.2 Å². The van der Waals surface area contributed by atoms with Gasteiger partial charge < -0.3 is 14.4 Å². The van der Waals surface area contributed by atoms with Crippen LogP contribution < -0.4 is 14.4 Å². The van der Waals surface area contributed by atoms with Gasteiger partial charge in [-0.3, -0.25) is 4.79 Å². The average molecular weight is 337 g/mol. The molecule has 6 nitrogen and oxygen atoms in total. The van der Waals surface area contributed by atoms with Crippen molar-refractivity contribution in [1.29, 1.82) is 0 Å². The van der Waals surface area contributed by atoms with Gasteiger partial charge in [-0.1, -0.05) is 11.6 Å². The van der Waals surface area contributed by atoms with E-state index in [2.05, 4.69) is 0 Å². The molecule has 0 unspecified atom stereocenters. The van der Waals surface area contributed by atoms with Crippen LogP contribution in [0.4, 0.5) is 10.5 Å². The summed E-state index contributed by atoms with van der Waals surface area (Å²) in [5.41, 5.74) is -0.397. The number of benzene rings is 1. The highest BCUT2D eigenvalue weighted by Crippen LogP contribution is 2.45. The lowest BCUT2D eigenvalue weighted by Crippen LogP contribution is -2.41. The highest BCUT2D eigenvalue weighted by atomic mass is 35.5. The molecule has 3 heterocycles. The third-order valence-corrected chi connectivity index (χ3v) is 5.09. The highest BCUT2D eigenvalue weighted by Gasteiger charge is 2.57. The summed E-state index contributed by atoms with van der Waals surface area (Å²) in [6.45, 7) is 3.49.